The molecule has 1 saturated carbocycles. The minimum Gasteiger partial charge on any atom is -0.478 e. The zero-order chi connectivity index (χ0) is 13.4. The van der Waals surface area contributed by atoms with Crippen LogP contribution in [0, 0.1) is 12.8 Å². The normalized spacial score (nSPS) is 26.3. The lowest BCUT2D eigenvalue weighted by molar-refractivity contribution is 0.0695. The molecule has 0 spiro atoms. The van der Waals surface area contributed by atoms with E-state index in [9.17, 15) is 4.79 Å². The van der Waals surface area contributed by atoms with Gasteiger partial charge < -0.3 is 10.0 Å². The van der Waals surface area contributed by atoms with Crippen molar-refractivity contribution in [1.82, 2.24) is 9.97 Å². The molecule has 1 aliphatic heterocycles. The number of nitrogens with zero attached hydrogens (tertiary/aromatic N) is 3. The van der Waals surface area contributed by atoms with Gasteiger partial charge >= 0.3 is 5.97 Å². The highest BCUT2D eigenvalue weighted by Crippen LogP contribution is 2.37. The molecule has 5 heteroatoms. The maximum absolute atomic E-state index is 11.0. The van der Waals surface area contributed by atoms with Gasteiger partial charge in [-0.1, -0.05) is 12.8 Å². The number of carboxylic acid groups (broad SMARTS) is 1. The molecule has 2 fully saturated rings. The van der Waals surface area contributed by atoms with Crippen LogP contribution >= 0.6 is 0 Å². The Morgan fingerprint density at radius 1 is 1.37 bits per heavy atom. The SMILES string of the molecule is Cc1nc(N2CCC3CCCCC32)ncc1C(=O)O. The van der Waals surface area contributed by atoms with Crippen LogP contribution in [0.2, 0.25) is 0 Å². The van der Waals surface area contributed by atoms with Crippen molar-refractivity contribution in [2.45, 2.75) is 45.1 Å². The summed E-state index contributed by atoms with van der Waals surface area (Å²) in [5.74, 6) is 0.523. The number of hydrogen-bond acceptors (Lipinski definition) is 4. The predicted molar refractivity (Wildman–Crippen MR) is 71.4 cm³/mol. The van der Waals surface area contributed by atoms with Gasteiger partial charge in [-0.3, -0.25) is 0 Å². The van der Waals surface area contributed by atoms with Crippen LogP contribution in [-0.2, 0) is 0 Å². The van der Waals surface area contributed by atoms with Gasteiger partial charge in [0.25, 0.3) is 0 Å². The van der Waals surface area contributed by atoms with Crippen molar-refractivity contribution in [2.24, 2.45) is 5.92 Å². The number of aryl methyl sites for hydroxylation is 1. The standard InChI is InChI=1S/C14H19N3O2/c1-9-11(13(18)19)8-15-14(16-9)17-7-6-10-4-2-3-5-12(10)17/h8,10,12H,2-7H2,1H3,(H,18,19). The Morgan fingerprint density at radius 2 is 2.16 bits per heavy atom. The van der Waals surface area contributed by atoms with Crippen molar-refractivity contribution in [1.29, 1.82) is 0 Å². The number of carbonyl (C=O) groups is 1. The molecule has 3 rings (SSSR count). The fraction of sp³-hybridized carbons (Fsp3) is 0.643. The summed E-state index contributed by atoms with van der Waals surface area (Å²) in [6.07, 6.45) is 7.81. The molecular weight excluding hydrogens is 242 g/mol. The van der Waals surface area contributed by atoms with Gasteiger partial charge in [-0.15, -0.1) is 0 Å². The van der Waals surface area contributed by atoms with Crippen LogP contribution in [0.1, 0.15) is 48.2 Å². The number of hydrogen-bond donors (Lipinski definition) is 1. The molecule has 1 saturated heterocycles. The largest absolute Gasteiger partial charge is 0.478 e. The average Bonchev–Trinajstić information content (AvgIpc) is 2.82. The quantitative estimate of drug-likeness (QED) is 0.884. The van der Waals surface area contributed by atoms with E-state index in [1.54, 1.807) is 6.92 Å². The Bertz CT molecular complexity index is 503. The molecule has 0 bridgehead atoms. The molecule has 19 heavy (non-hydrogen) atoms. The first-order valence-corrected chi connectivity index (χ1v) is 7.00. The fourth-order valence-electron chi connectivity index (χ4n) is 3.46. The maximum atomic E-state index is 11.0. The first-order valence-electron chi connectivity index (χ1n) is 7.00. The minimum atomic E-state index is -0.957. The van der Waals surface area contributed by atoms with E-state index in [2.05, 4.69) is 14.9 Å². The average molecular weight is 261 g/mol. The fourth-order valence-corrected chi connectivity index (χ4v) is 3.46. The summed E-state index contributed by atoms with van der Waals surface area (Å²) in [5.41, 5.74) is 0.750. The maximum Gasteiger partial charge on any atom is 0.339 e. The van der Waals surface area contributed by atoms with Gasteiger partial charge in [0.1, 0.15) is 0 Å². The molecule has 102 valence electrons. The number of rotatable bonds is 2. The zero-order valence-corrected chi connectivity index (χ0v) is 11.2. The summed E-state index contributed by atoms with van der Waals surface area (Å²) in [5, 5.41) is 9.02. The third-order valence-electron chi connectivity index (χ3n) is 4.46. The highest BCUT2D eigenvalue weighted by atomic mass is 16.4. The molecule has 2 atom stereocenters. The highest BCUT2D eigenvalue weighted by molar-refractivity contribution is 5.88. The third kappa shape index (κ3) is 2.17. The van der Waals surface area contributed by atoms with Gasteiger partial charge in [-0.25, -0.2) is 14.8 Å². The van der Waals surface area contributed by atoms with Gasteiger partial charge in [0, 0.05) is 18.8 Å². The topological polar surface area (TPSA) is 66.3 Å². The van der Waals surface area contributed by atoms with Crippen molar-refractivity contribution in [2.75, 3.05) is 11.4 Å². The van der Waals surface area contributed by atoms with Crippen molar-refractivity contribution >= 4 is 11.9 Å². The highest BCUT2D eigenvalue weighted by Gasteiger charge is 2.37. The molecule has 2 heterocycles. The molecule has 0 amide bonds. The molecule has 0 aromatic carbocycles. The molecule has 1 aromatic heterocycles. The molecule has 5 nitrogen and oxygen atoms in total. The Hall–Kier alpha value is -1.65. The smallest absolute Gasteiger partial charge is 0.339 e. The first-order chi connectivity index (χ1) is 9.16. The Balaban J connectivity index is 1.86. The number of aromatic carboxylic acids is 1. The second-order valence-corrected chi connectivity index (χ2v) is 5.57. The summed E-state index contributed by atoms with van der Waals surface area (Å²) in [6, 6.07) is 0.559. The van der Waals surface area contributed by atoms with Gasteiger partial charge in [0.05, 0.1) is 11.3 Å². The van der Waals surface area contributed by atoms with E-state index in [1.807, 2.05) is 0 Å². The van der Waals surface area contributed by atoms with E-state index in [1.165, 1.54) is 38.3 Å². The number of fused-ring (bicyclic) bond motifs is 1. The summed E-state index contributed by atoms with van der Waals surface area (Å²) in [7, 11) is 0. The second-order valence-electron chi connectivity index (χ2n) is 5.57. The van der Waals surface area contributed by atoms with Crippen molar-refractivity contribution in [3.63, 3.8) is 0 Å². The molecule has 1 aliphatic carbocycles. The van der Waals surface area contributed by atoms with E-state index >= 15 is 0 Å². The molecule has 0 radical (unpaired) electrons. The summed E-state index contributed by atoms with van der Waals surface area (Å²) >= 11 is 0. The Labute approximate surface area is 112 Å². The third-order valence-corrected chi connectivity index (χ3v) is 4.46. The summed E-state index contributed by atoms with van der Waals surface area (Å²) < 4.78 is 0. The van der Waals surface area contributed by atoms with Gasteiger partial charge in [0.15, 0.2) is 0 Å². The Morgan fingerprint density at radius 3 is 2.89 bits per heavy atom. The van der Waals surface area contributed by atoms with Crippen molar-refractivity contribution in [3.05, 3.63) is 17.5 Å². The molecular formula is C14H19N3O2. The molecule has 1 N–H and O–H groups in total. The number of carboxylic acids is 1. The van der Waals surface area contributed by atoms with E-state index < -0.39 is 5.97 Å². The monoisotopic (exact) mass is 261 g/mol. The van der Waals surface area contributed by atoms with Crippen LogP contribution in [-0.4, -0.2) is 33.6 Å². The minimum absolute atomic E-state index is 0.197. The zero-order valence-electron chi connectivity index (χ0n) is 11.2. The molecule has 1 aromatic rings. The lowest BCUT2D eigenvalue weighted by Gasteiger charge is -2.31. The molecule has 2 aliphatic rings. The van der Waals surface area contributed by atoms with Gasteiger partial charge in [0.2, 0.25) is 5.95 Å². The van der Waals surface area contributed by atoms with Crippen molar-refractivity contribution in [3.8, 4) is 0 Å². The number of anilines is 1. The van der Waals surface area contributed by atoms with Crippen LogP contribution in [0.5, 0.6) is 0 Å². The van der Waals surface area contributed by atoms with Crippen LogP contribution in [0.4, 0.5) is 5.95 Å². The van der Waals surface area contributed by atoms with Crippen LogP contribution in [0.15, 0.2) is 6.20 Å². The van der Waals surface area contributed by atoms with Gasteiger partial charge in [-0.2, -0.15) is 0 Å². The van der Waals surface area contributed by atoms with Crippen molar-refractivity contribution < 1.29 is 9.90 Å². The summed E-state index contributed by atoms with van der Waals surface area (Å²) in [4.78, 5) is 21.9. The van der Waals surface area contributed by atoms with Crippen LogP contribution in [0.25, 0.3) is 0 Å². The van der Waals surface area contributed by atoms with E-state index in [4.69, 9.17) is 5.11 Å². The Kier molecular flexibility index (Phi) is 3.12. The van der Waals surface area contributed by atoms with Gasteiger partial charge in [-0.05, 0) is 32.1 Å². The van der Waals surface area contributed by atoms with E-state index in [-0.39, 0.29) is 5.56 Å². The van der Waals surface area contributed by atoms with E-state index in [0.717, 1.165) is 12.5 Å². The lowest BCUT2D eigenvalue weighted by Crippen LogP contribution is -2.36. The molecule has 2 unspecified atom stereocenters. The second kappa shape index (κ2) is 4.79. The van der Waals surface area contributed by atoms with E-state index in [0.29, 0.717) is 17.7 Å². The first kappa shape index (κ1) is 12.4. The van der Waals surface area contributed by atoms with Crippen LogP contribution < -0.4 is 4.90 Å². The number of aromatic nitrogens is 2. The lowest BCUT2D eigenvalue weighted by atomic mass is 9.85. The van der Waals surface area contributed by atoms with Crippen LogP contribution in [0.3, 0.4) is 0 Å². The predicted octanol–water partition coefficient (Wildman–Crippen LogP) is 2.25. The summed E-state index contributed by atoms with van der Waals surface area (Å²) in [6.45, 7) is 2.74.